The molecule has 3 aromatic rings. The molecule has 0 atom stereocenters. The highest BCUT2D eigenvalue weighted by atomic mass is 32.2. The van der Waals surface area contributed by atoms with E-state index in [1.165, 1.54) is 4.90 Å². The highest BCUT2D eigenvalue weighted by molar-refractivity contribution is 8.18. The lowest BCUT2D eigenvalue weighted by molar-refractivity contribution is -0.122. The molecule has 1 saturated heterocycles. The summed E-state index contributed by atoms with van der Waals surface area (Å²) in [4.78, 5) is 30.8. The maximum absolute atomic E-state index is 13.1. The minimum Gasteiger partial charge on any atom is -0.507 e. The molecule has 0 spiro atoms. The van der Waals surface area contributed by atoms with Gasteiger partial charge in [0, 0.05) is 34.8 Å². The number of phenols is 1. The highest BCUT2D eigenvalue weighted by Crippen LogP contribution is 2.41. The fraction of sp³-hybridized carbons (Fsp3) is 0.357. The number of benzene rings is 2. The second-order valence-corrected chi connectivity index (χ2v) is 11.9. The van der Waals surface area contributed by atoms with Crippen LogP contribution in [0, 0.1) is 0 Å². The SMILES string of the molecule is CC(C)(C)c1cc(/C=C2/SC(=O)N(CCc3c[nH]c4ccccc34)C2=O)cc(C(C)(C)C)c1O. The Morgan fingerprint density at radius 3 is 2.24 bits per heavy atom. The molecule has 4 rings (SSSR count). The van der Waals surface area contributed by atoms with Crippen LogP contribution in [0.1, 0.15) is 63.8 Å². The summed E-state index contributed by atoms with van der Waals surface area (Å²) in [6.07, 6.45) is 4.31. The molecule has 6 heteroatoms. The predicted octanol–water partition coefficient (Wildman–Crippen LogP) is 6.75. The Morgan fingerprint density at radius 1 is 1.00 bits per heavy atom. The Labute approximate surface area is 205 Å². The largest absolute Gasteiger partial charge is 0.507 e. The molecule has 0 aliphatic carbocycles. The topological polar surface area (TPSA) is 73.4 Å². The van der Waals surface area contributed by atoms with Gasteiger partial charge in [-0.25, -0.2) is 0 Å². The van der Waals surface area contributed by atoms with Crippen LogP contribution in [0.25, 0.3) is 17.0 Å². The normalized spacial score (nSPS) is 16.3. The van der Waals surface area contributed by atoms with Crippen molar-refractivity contribution in [2.75, 3.05) is 6.54 Å². The van der Waals surface area contributed by atoms with E-state index >= 15 is 0 Å². The van der Waals surface area contributed by atoms with Gasteiger partial charge in [-0.3, -0.25) is 14.5 Å². The Kier molecular flexibility index (Phi) is 6.15. The quantitative estimate of drug-likeness (QED) is 0.409. The molecule has 0 saturated carbocycles. The zero-order valence-corrected chi connectivity index (χ0v) is 21.5. The molecule has 1 aliphatic heterocycles. The third-order valence-electron chi connectivity index (χ3n) is 6.20. The smallest absolute Gasteiger partial charge is 0.293 e. The molecule has 2 N–H and O–H groups in total. The fourth-order valence-corrected chi connectivity index (χ4v) is 5.16. The number of fused-ring (bicyclic) bond motifs is 1. The lowest BCUT2D eigenvalue weighted by Crippen LogP contribution is -2.30. The standard InChI is InChI=1S/C28H32N2O3S/c1-27(2,3)20-13-17(14-21(24(20)31)28(4,5)6)15-23-25(32)30(26(33)34-23)12-11-18-16-29-22-10-8-7-9-19(18)22/h7-10,13-16,29,31H,11-12H2,1-6H3/b23-15+. The lowest BCUT2D eigenvalue weighted by atomic mass is 9.78. The molecule has 1 fully saturated rings. The number of thioether (sulfide) groups is 1. The van der Waals surface area contributed by atoms with Gasteiger partial charge in [-0.15, -0.1) is 0 Å². The summed E-state index contributed by atoms with van der Waals surface area (Å²) >= 11 is 0.977. The number of aromatic nitrogens is 1. The van der Waals surface area contributed by atoms with Crippen LogP contribution in [0.4, 0.5) is 4.79 Å². The second kappa shape index (κ2) is 8.66. The van der Waals surface area contributed by atoms with Crippen molar-refractivity contribution in [2.24, 2.45) is 0 Å². The zero-order valence-electron chi connectivity index (χ0n) is 20.7. The minimum absolute atomic E-state index is 0.248. The Morgan fingerprint density at radius 2 is 1.62 bits per heavy atom. The molecular weight excluding hydrogens is 444 g/mol. The fourth-order valence-electron chi connectivity index (χ4n) is 4.30. The van der Waals surface area contributed by atoms with Crippen LogP contribution in [-0.4, -0.2) is 32.7 Å². The van der Waals surface area contributed by atoms with E-state index < -0.39 is 0 Å². The van der Waals surface area contributed by atoms with Crippen molar-refractivity contribution in [2.45, 2.75) is 58.8 Å². The van der Waals surface area contributed by atoms with Gasteiger partial charge in [-0.1, -0.05) is 59.7 Å². The number of rotatable bonds is 4. The molecule has 178 valence electrons. The number of nitrogens with zero attached hydrogens (tertiary/aromatic N) is 1. The van der Waals surface area contributed by atoms with Gasteiger partial charge in [0.2, 0.25) is 0 Å². The molecule has 0 radical (unpaired) electrons. The first-order chi connectivity index (χ1) is 15.9. The van der Waals surface area contributed by atoms with Crippen molar-refractivity contribution in [1.82, 2.24) is 9.88 Å². The van der Waals surface area contributed by atoms with Crippen LogP contribution in [-0.2, 0) is 22.0 Å². The number of H-pyrrole nitrogens is 1. The van der Waals surface area contributed by atoms with Gasteiger partial charge in [-0.05, 0) is 64.4 Å². The van der Waals surface area contributed by atoms with Gasteiger partial charge >= 0.3 is 0 Å². The van der Waals surface area contributed by atoms with Crippen LogP contribution in [0.3, 0.4) is 0 Å². The number of aromatic hydroxyl groups is 1. The van der Waals surface area contributed by atoms with Crippen molar-refractivity contribution in [1.29, 1.82) is 0 Å². The van der Waals surface area contributed by atoms with Crippen molar-refractivity contribution in [3.63, 3.8) is 0 Å². The van der Waals surface area contributed by atoms with E-state index in [9.17, 15) is 14.7 Å². The van der Waals surface area contributed by atoms with Gasteiger partial charge in [0.1, 0.15) is 5.75 Å². The average Bonchev–Trinajstić information content (AvgIpc) is 3.26. The number of imide groups is 1. The number of carbonyl (C=O) groups is 2. The molecule has 1 aromatic heterocycles. The van der Waals surface area contributed by atoms with E-state index in [1.54, 1.807) is 6.08 Å². The third-order valence-corrected chi connectivity index (χ3v) is 7.11. The monoisotopic (exact) mass is 476 g/mol. The van der Waals surface area contributed by atoms with Crippen molar-refractivity contribution < 1.29 is 14.7 Å². The van der Waals surface area contributed by atoms with Crippen LogP contribution in [0.5, 0.6) is 5.75 Å². The predicted molar refractivity (Wildman–Crippen MR) is 140 cm³/mol. The van der Waals surface area contributed by atoms with E-state index in [0.717, 1.165) is 44.9 Å². The van der Waals surface area contributed by atoms with E-state index in [2.05, 4.69) is 46.5 Å². The number of hydrogen-bond donors (Lipinski definition) is 2. The summed E-state index contributed by atoms with van der Waals surface area (Å²) in [5.41, 5.74) is 4.05. The van der Waals surface area contributed by atoms with Gasteiger partial charge in [-0.2, -0.15) is 0 Å². The maximum atomic E-state index is 13.1. The molecule has 1 aliphatic rings. The molecule has 5 nitrogen and oxygen atoms in total. The summed E-state index contributed by atoms with van der Waals surface area (Å²) in [6.45, 7) is 12.6. The number of hydrogen-bond acceptors (Lipinski definition) is 4. The summed E-state index contributed by atoms with van der Waals surface area (Å²) < 4.78 is 0. The van der Waals surface area contributed by atoms with Gasteiger partial charge in [0.15, 0.2) is 0 Å². The maximum Gasteiger partial charge on any atom is 0.293 e. The summed E-state index contributed by atoms with van der Waals surface area (Å²) in [6, 6.07) is 11.9. The number of amides is 2. The van der Waals surface area contributed by atoms with Crippen molar-refractivity contribution in [3.05, 3.63) is 69.8 Å². The minimum atomic E-state index is -0.271. The second-order valence-electron chi connectivity index (χ2n) is 10.9. The van der Waals surface area contributed by atoms with E-state index in [4.69, 9.17) is 0 Å². The molecule has 0 bridgehead atoms. The third kappa shape index (κ3) is 4.64. The molecular formula is C28H32N2O3S. The number of carbonyl (C=O) groups excluding carboxylic acids is 2. The first-order valence-electron chi connectivity index (χ1n) is 11.5. The number of aromatic amines is 1. The summed E-state index contributed by atoms with van der Waals surface area (Å²) in [5, 5.41) is 11.8. The molecule has 2 aromatic carbocycles. The van der Waals surface area contributed by atoms with Crippen LogP contribution < -0.4 is 0 Å². The first-order valence-corrected chi connectivity index (χ1v) is 12.4. The number of para-hydroxylation sites is 1. The van der Waals surface area contributed by atoms with Crippen LogP contribution in [0.2, 0.25) is 0 Å². The van der Waals surface area contributed by atoms with Gasteiger partial charge < -0.3 is 10.1 Å². The highest BCUT2D eigenvalue weighted by Gasteiger charge is 2.35. The van der Waals surface area contributed by atoms with E-state index in [-0.39, 0.29) is 22.0 Å². The lowest BCUT2D eigenvalue weighted by Gasteiger charge is -2.28. The Hall–Kier alpha value is -2.99. The van der Waals surface area contributed by atoms with Gasteiger partial charge in [0.05, 0.1) is 4.91 Å². The van der Waals surface area contributed by atoms with Crippen molar-refractivity contribution in [3.8, 4) is 5.75 Å². The van der Waals surface area contributed by atoms with Gasteiger partial charge in [0.25, 0.3) is 11.1 Å². The number of nitrogens with one attached hydrogen (secondary N) is 1. The Balaban J connectivity index is 1.61. The average molecular weight is 477 g/mol. The summed E-state index contributed by atoms with van der Waals surface area (Å²) in [5.74, 6) is 0.0292. The Bertz CT molecular complexity index is 1270. The molecule has 2 amide bonds. The molecule has 0 unspecified atom stereocenters. The molecule has 2 heterocycles. The van der Waals surface area contributed by atoms with Crippen molar-refractivity contribution >= 4 is 39.9 Å². The van der Waals surface area contributed by atoms with Crippen LogP contribution >= 0.6 is 11.8 Å². The summed E-state index contributed by atoms with van der Waals surface area (Å²) in [7, 11) is 0. The van der Waals surface area contributed by atoms with E-state index in [0.29, 0.717) is 23.6 Å². The molecule has 34 heavy (non-hydrogen) atoms. The first kappa shape index (κ1) is 24.1. The zero-order chi connectivity index (χ0) is 24.8. The van der Waals surface area contributed by atoms with Crippen LogP contribution in [0.15, 0.2) is 47.5 Å². The van der Waals surface area contributed by atoms with E-state index in [1.807, 2.05) is 42.6 Å². The number of phenolic OH excluding ortho intramolecular Hbond substituents is 1.